The van der Waals surface area contributed by atoms with E-state index in [0.29, 0.717) is 11.3 Å². The third-order valence-corrected chi connectivity index (χ3v) is 4.54. The molecule has 0 saturated carbocycles. The molecule has 2 aromatic rings. The largest absolute Gasteiger partial charge is 0.326 e. The lowest BCUT2D eigenvalue weighted by molar-refractivity contribution is -0.120. The Bertz CT molecular complexity index is 747. The van der Waals surface area contributed by atoms with Crippen LogP contribution < -0.4 is 10.6 Å². The molecule has 0 atom stereocenters. The first kappa shape index (κ1) is 18.7. The fraction of sp³-hybridized carbons (Fsp3) is 0.333. The minimum absolute atomic E-state index is 0.0211. The van der Waals surface area contributed by atoms with Gasteiger partial charge in [-0.1, -0.05) is 19.9 Å². The van der Waals surface area contributed by atoms with Crippen LogP contribution in [0, 0.1) is 19.8 Å². The van der Waals surface area contributed by atoms with Crippen molar-refractivity contribution in [1.29, 1.82) is 0 Å². The number of hydrogen-bond acceptors (Lipinski definition) is 2. The number of benzene rings is 2. The Morgan fingerprint density at radius 3 is 2.00 bits per heavy atom. The molecule has 0 bridgehead atoms. The number of aryl methyl sites for hydroxylation is 2. The highest BCUT2D eigenvalue weighted by atomic mass is 16.2. The zero-order valence-corrected chi connectivity index (χ0v) is 15.3. The highest BCUT2D eigenvalue weighted by Gasteiger charge is 2.14. The summed E-state index contributed by atoms with van der Waals surface area (Å²) in [6.45, 7) is 8.07. The van der Waals surface area contributed by atoms with Crippen LogP contribution in [0.15, 0.2) is 42.5 Å². The average Bonchev–Trinajstić information content (AvgIpc) is 2.60. The maximum atomic E-state index is 12.3. The molecule has 0 spiro atoms. The molecule has 0 saturated heterocycles. The predicted octanol–water partition coefficient (Wildman–Crippen LogP) is 4.93. The molecule has 0 fully saturated rings. The van der Waals surface area contributed by atoms with Gasteiger partial charge in [-0.2, -0.15) is 0 Å². The van der Waals surface area contributed by atoms with Gasteiger partial charge in [0.05, 0.1) is 0 Å². The van der Waals surface area contributed by atoms with Crippen molar-refractivity contribution in [2.45, 2.75) is 40.5 Å². The molecule has 0 unspecified atom stereocenters. The number of rotatable bonds is 6. The Kier molecular flexibility index (Phi) is 6.34. The highest BCUT2D eigenvalue weighted by molar-refractivity contribution is 6.04. The molecule has 0 aliphatic carbocycles. The quantitative estimate of drug-likeness (QED) is 0.784. The molecule has 0 aromatic heterocycles. The number of amides is 2. The molecule has 132 valence electrons. The molecule has 4 heteroatoms. The van der Waals surface area contributed by atoms with Gasteiger partial charge >= 0.3 is 0 Å². The SMILES string of the molecule is CCC(CC)C(=O)Nc1ccc(C(=O)Nc2ccc(C)c(C)c2)cc1. The van der Waals surface area contributed by atoms with Crippen LogP contribution in [0.2, 0.25) is 0 Å². The molecular formula is C21H26N2O2. The van der Waals surface area contributed by atoms with Gasteiger partial charge in [0.1, 0.15) is 0 Å². The highest BCUT2D eigenvalue weighted by Crippen LogP contribution is 2.17. The summed E-state index contributed by atoms with van der Waals surface area (Å²) in [6, 6.07) is 12.8. The average molecular weight is 338 g/mol. The summed E-state index contributed by atoms with van der Waals surface area (Å²) in [5, 5.41) is 5.80. The van der Waals surface area contributed by atoms with Crippen LogP contribution in [-0.4, -0.2) is 11.8 Å². The summed E-state index contributed by atoms with van der Waals surface area (Å²) in [5.41, 5.74) is 4.37. The standard InChI is InChI=1S/C21H26N2O2/c1-5-16(6-2)20(24)22-18-11-8-17(9-12-18)21(25)23-19-10-7-14(3)15(4)13-19/h7-13,16H,5-6H2,1-4H3,(H,22,24)(H,23,25). The van der Waals surface area contributed by atoms with Crippen LogP contribution in [0.4, 0.5) is 11.4 Å². The van der Waals surface area contributed by atoms with Gasteiger partial charge in [0.15, 0.2) is 0 Å². The van der Waals surface area contributed by atoms with Gasteiger partial charge in [0.2, 0.25) is 5.91 Å². The fourth-order valence-electron chi connectivity index (χ4n) is 2.63. The van der Waals surface area contributed by atoms with E-state index in [-0.39, 0.29) is 17.7 Å². The molecular weight excluding hydrogens is 312 g/mol. The minimum atomic E-state index is -0.166. The van der Waals surface area contributed by atoms with Crippen molar-refractivity contribution in [3.05, 3.63) is 59.2 Å². The van der Waals surface area contributed by atoms with Crippen molar-refractivity contribution in [1.82, 2.24) is 0 Å². The van der Waals surface area contributed by atoms with E-state index < -0.39 is 0 Å². The Hall–Kier alpha value is -2.62. The minimum Gasteiger partial charge on any atom is -0.326 e. The smallest absolute Gasteiger partial charge is 0.255 e. The van der Waals surface area contributed by atoms with Crippen molar-refractivity contribution >= 4 is 23.2 Å². The summed E-state index contributed by atoms with van der Waals surface area (Å²) >= 11 is 0. The van der Waals surface area contributed by atoms with Gasteiger partial charge in [-0.3, -0.25) is 9.59 Å². The first-order chi connectivity index (χ1) is 11.9. The van der Waals surface area contributed by atoms with E-state index >= 15 is 0 Å². The molecule has 0 radical (unpaired) electrons. The molecule has 2 N–H and O–H groups in total. The third-order valence-electron chi connectivity index (χ3n) is 4.54. The second-order valence-electron chi connectivity index (χ2n) is 6.33. The first-order valence-electron chi connectivity index (χ1n) is 8.74. The van der Waals surface area contributed by atoms with Gasteiger partial charge in [-0.15, -0.1) is 0 Å². The van der Waals surface area contributed by atoms with Crippen LogP contribution in [0.3, 0.4) is 0 Å². The topological polar surface area (TPSA) is 58.2 Å². The number of hydrogen-bond donors (Lipinski definition) is 2. The summed E-state index contributed by atoms with van der Waals surface area (Å²) in [4.78, 5) is 24.4. The lowest BCUT2D eigenvalue weighted by atomic mass is 10.0. The van der Waals surface area contributed by atoms with E-state index in [1.165, 1.54) is 5.56 Å². The Labute approximate surface area is 149 Å². The second kappa shape index (κ2) is 8.47. The van der Waals surface area contributed by atoms with Crippen LogP contribution in [0.5, 0.6) is 0 Å². The Morgan fingerprint density at radius 2 is 1.44 bits per heavy atom. The number of anilines is 2. The third kappa shape index (κ3) is 4.92. The van der Waals surface area contributed by atoms with Gasteiger partial charge < -0.3 is 10.6 Å². The normalized spacial score (nSPS) is 10.6. The summed E-state index contributed by atoms with van der Waals surface area (Å²) < 4.78 is 0. The molecule has 0 aliphatic rings. The molecule has 0 aliphatic heterocycles. The van der Waals surface area contributed by atoms with Gasteiger partial charge in [-0.05, 0) is 74.2 Å². The predicted molar refractivity (Wildman–Crippen MR) is 103 cm³/mol. The molecule has 2 rings (SSSR count). The summed E-state index contributed by atoms with van der Waals surface area (Å²) in [5.74, 6) is -0.119. The second-order valence-corrected chi connectivity index (χ2v) is 6.33. The van der Waals surface area contributed by atoms with E-state index in [0.717, 1.165) is 24.1 Å². The molecule has 2 aromatic carbocycles. The van der Waals surface area contributed by atoms with Crippen molar-refractivity contribution in [3.8, 4) is 0 Å². The van der Waals surface area contributed by atoms with Crippen molar-refractivity contribution in [3.63, 3.8) is 0 Å². The van der Waals surface area contributed by atoms with Gasteiger partial charge in [0.25, 0.3) is 5.91 Å². The Morgan fingerprint density at radius 1 is 0.840 bits per heavy atom. The van der Waals surface area contributed by atoms with E-state index in [4.69, 9.17) is 0 Å². The molecule has 4 nitrogen and oxygen atoms in total. The first-order valence-corrected chi connectivity index (χ1v) is 8.74. The zero-order chi connectivity index (χ0) is 18.4. The van der Waals surface area contributed by atoms with Crippen LogP contribution in [0.25, 0.3) is 0 Å². The number of nitrogens with one attached hydrogen (secondary N) is 2. The van der Waals surface area contributed by atoms with Crippen molar-refractivity contribution in [2.24, 2.45) is 5.92 Å². The summed E-state index contributed by atoms with van der Waals surface area (Å²) in [6.07, 6.45) is 1.64. The van der Waals surface area contributed by atoms with E-state index in [1.807, 2.05) is 45.9 Å². The zero-order valence-electron chi connectivity index (χ0n) is 15.3. The maximum Gasteiger partial charge on any atom is 0.255 e. The van der Waals surface area contributed by atoms with E-state index in [9.17, 15) is 9.59 Å². The van der Waals surface area contributed by atoms with Crippen LogP contribution >= 0.6 is 0 Å². The summed E-state index contributed by atoms with van der Waals surface area (Å²) in [7, 11) is 0. The maximum absolute atomic E-state index is 12.3. The number of carbonyl (C=O) groups excluding carboxylic acids is 2. The van der Waals surface area contributed by atoms with Crippen molar-refractivity contribution < 1.29 is 9.59 Å². The fourth-order valence-corrected chi connectivity index (χ4v) is 2.63. The number of carbonyl (C=O) groups is 2. The monoisotopic (exact) mass is 338 g/mol. The van der Waals surface area contributed by atoms with Crippen LogP contribution in [-0.2, 0) is 4.79 Å². The lowest BCUT2D eigenvalue weighted by Crippen LogP contribution is -2.21. The van der Waals surface area contributed by atoms with Gasteiger partial charge in [0, 0.05) is 22.9 Å². The van der Waals surface area contributed by atoms with E-state index in [2.05, 4.69) is 10.6 Å². The van der Waals surface area contributed by atoms with Gasteiger partial charge in [-0.25, -0.2) is 0 Å². The Balaban J connectivity index is 2.02. The molecule has 2 amide bonds. The van der Waals surface area contributed by atoms with E-state index in [1.54, 1.807) is 24.3 Å². The molecule has 25 heavy (non-hydrogen) atoms. The molecule has 0 heterocycles. The lowest BCUT2D eigenvalue weighted by Gasteiger charge is -2.13. The van der Waals surface area contributed by atoms with Crippen LogP contribution in [0.1, 0.15) is 48.2 Å². The van der Waals surface area contributed by atoms with Crippen molar-refractivity contribution in [2.75, 3.05) is 10.6 Å².